The fourth-order valence-corrected chi connectivity index (χ4v) is 4.25. The third kappa shape index (κ3) is 3.91. The highest BCUT2D eigenvalue weighted by molar-refractivity contribution is 5.72. The monoisotopic (exact) mass is 432 g/mol. The molecule has 4 aromatic rings. The van der Waals surface area contributed by atoms with Crippen LogP contribution >= 0.6 is 0 Å². The van der Waals surface area contributed by atoms with Crippen molar-refractivity contribution in [2.45, 2.75) is 33.2 Å². The lowest BCUT2D eigenvalue weighted by Gasteiger charge is -2.39. The molecule has 32 heavy (non-hydrogen) atoms. The normalized spacial score (nSPS) is 16.3. The quantitative estimate of drug-likeness (QED) is 0.479. The Hall–Kier alpha value is -3.46. The van der Waals surface area contributed by atoms with Gasteiger partial charge in [0, 0.05) is 49.2 Å². The largest absolute Gasteiger partial charge is 0.488 e. The summed E-state index contributed by atoms with van der Waals surface area (Å²) < 4.78 is 9.90. The minimum absolute atomic E-state index is 0.494. The van der Waals surface area contributed by atoms with Crippen LogP contribution in [0.2, 0.25) is 0 Å². The standard InChI is InChI=1S/C23H28N8O/c1-5-30-8-7-18(30)14-32-20-13-24-29(4)23(20)17-6-9-31-19(11-17)12-22(28-31)27-21-10-15(2)25-16(3)26-21/h6,9-13,18H,5,7-8,14H2,1-4H3,(H,25,26,27,28)/t18-/m1/s1. The van der Waals surface area contributed by atoms with Crippen molar-refractivity contribution >= 4 is 17.2 Å². The molecule has 1 aliphatic heterocycles. The number of nitrogens with one attached hydrogen (secondary N) is 1. The number of likely N-dealkylation sites (tertiary alicyclic amines) is 1. The summed E-state index contributed by atoms with van der Waals surface area (Å²) in [4.78, 5) is 11.2. The number of hydrogen-bond donors (Lipinski definition) is 1. The predicted molar refractivity (Wildman–Crippen MR) is 123 cm³/mol. The van der Waals surface area contributed by atoms with Crippen LogP contribution in [0.1, 0.15) is 24.9 Å². The third-order valence-corrected chi connectivity index (χ3v) is 5.97. The number of fused-ring (bicyclic) bond motifs is 1. The predicted octanol–water partition coefficient (Wildman–Crippen LogP) is 3.36. The first-order valence-electron chi connectivity index (χ1n) is 11.0. The van der Waals surface area contributed by atoms with Gasteiger partial charge in [0.2, 0.25) is 0 Å². The van der Waals surface area contributed by atoms with Gasteiger partial charge in [-0.2, -0.15) is 10.2 Å². The maximum absolute atomic E-state index is 6.19. The van der Waals surface area contributed by atoms with E-state index in [1.807, 2.05) is 54.5 Å². The molecule has 5 heterocycles. The summed E-state index contributed by atoms with van der Waals surface area (Å²) >= 11 is 0. The van der Waals surface area contributed by atoms with E-state index >= 15 is 0 Å². The molecular formula is C23H28N8O. The van der Waals surface area contributed by atoms with Crippen molar-refractivity contribution in [3.05, 3.63) is 48.2 Å². The van der Waals surface area contributed by atoms with Crippen LogP contribution in [0.15, 0.2) is 36.7 Å². The molecule has 4 aromatic heterocycles. The number of rotatable bonds is 7. The Morgan fingerprint density at radius 2 is 2.03 bits per heavy atom. The molecule has 9 heteroatoms. The Kier molecular flexibility index (Phi) is 5.26. The fraction of sp³-hybridized carbons (Fsp3) is 0.391. The van der Waals surface area contributed by atoms with Crippen LogP contribution in [0.4, 0.5) is 11.6 Å². The lowest BCUT2D eigenvalue weighted by atomic mass is 10.0. The van der Waals surface area contributed by atoms with Crippen molar-refractivity contribution in [2.24, 2.45) is 7.05 Å². The van der Waals surface area contributed by atoms with Crippen molar-refractivity contribution < 1.29 is 4.74 Å². The third-order valence-electron chi connectivity index (χ3n) is 5.97. The van der Waals surface area contributed by atoms with Crippen LogP contribution in [-0.4, -0.2) is 60.0 Å². The molecule has 0 amide bonds. The average Bonchev–Trinajstić information content (AvgIpc) is 3.28. The molecule has 0 unspecified atom stereocenters. The van der Waals surface area contributed by atoms with Gasteiger partial charge in [0.25, 0.3) is 0 Å². The second-order valence-corrected chi connectivity index (χ2v) is 8.24. The average molecular weight is 433 g/mol. The van der Waals surface area contributed by atoms with E-state index in [1.54, 1.807) is 6.20 Å². The summed E-state index contributed by atoms with van der Waals surface area (Å²) in [5.74, 6) is 3.00. The summed E-state index contributed by atoms with van der Waals surface area (Å²) in [6.07, 6.45) is 4.94. The molecule has 0 bridgehead atoms. The number of likely N-dealkylation sites (N-methyl/N-ethyl adjacent to an activating group) is 1. The number of anilines is 2. The summed E-state index contributed by atoms with van der Waals surface area (Å²) in [7, 11) is 1.94. The highest BCUT2D eigenvalue weighted by atomic mass is 16.5. The van der Waals surface area contributed by atoms with Gasteiger partial charge in [0.05, 0.1) is 11.7 Å². The molecule has 166 valence electrons. The summed E-state index contributed by atoms with van der Waals surface area (Å²) in [5, 5.41) is 12.3. The van der Waals surface area contributed by atoms with Gasteiger partial charge in [-0.05, 0) is 38.9 Å². The number of pyridine rings is 1. The van der Waals surface area contributed by atoms with Gasteiger partial charge in [0.1, 0.15) is 23.9 Å². The van der Waals surface area contributed by atoms with Gasteiger partial charge < -0.3 is 10.1 Å². The number of hydrogen-bond acceptors (Lipinski definition) is 7. The molecule has 1 fully saturated rings. The van der Waals surface area contributed by atoms with E-state index in [0.717, 1.165) is 58.8 Å². The SMILES string of the molecule is CCN1CC[C@@H]1COc1cnn(C)c1-c1ccn2nc(Nc3cc(C)nc(C)n3)cc2c1. The molecule has 5 rings (SSSR count). The molecule has 0 saturated carbocycles. The van der Waals surface area contributed by atoms with Gasteiger partial charge in [-0.15, -0.1) is 0 Å². The van der Waals surface area contributed by atoms with E-state index in [-0.39, 0.29) is 0 Å². The Balaban J connectivity index is 1.39. The van der Waals surface area contributed by atoms with Crippen molar-refractivity contribution in [2.75, 3.05) is 25.0 Å². The molecule has 0 aliphatic carbocycles. The highest BCUT2D eigenvalue weighted by Crippen LogP contribution is 2.31. The topological polar surface area (TPSA) is 85.4 Å². The van der Waals surface area contributed by atoms with Gasteiger partial charge in [-0.3, -0.25) is 9.58 Å². The summed E-state index contributed by atoms with van der Waals surface area (Å²) in [5.41, 5.74) is 3.89. The zero-order valence-corrected chi connectivity index (χ0v) is 18.9. The first-order valence-corrected chi connectivity index (χ1v) is 11.0. The van der Waals surface area contributed by atoms with Crippen LogP contribution in [0.5, 0.6) is 5.75 Å². The second kappa shape index (κ2) is 8.23. The van der Waals surface area contributed by atoms with Crippen molar-refractivity contribution in [1.82, 2.24) is 34.3 Å². The number of nitrogens with zero attached hydrogens (tertiary/aromatic N) is 7. The summed E-state index contributed by atoms with van der Waals surface area (Å²) in [6.45, 7) is 8.94. The minimum atomic E-state index is 0.494. The van der Waals surface area contributed by atoms with Crippen molar-refractivity contribution in [3.8, 4) is 17.0 Å². The molecule has 1 atom stereocenters. The summed E-state index contributed by atoms with van der Waals surface area (Å²) in [6, 6.07) is 8.53. The Labute approximate surface area is 187 Å². The molecule has 9 nitrogen and oxygen atoms in total. The van der Waals surface area contributed by atoms with Crippen molar-refractivity contribution in [1.29, 1.82) is 0 Å². The van der Waals surface area contributed by atoms with Gasteiger partial charge in [-0.1, -0.05) is 6.92 Å². The van der Waals surface area contributed by atoms with Crippen LogP contribution in [0, 0.1) is 13.8 Å². The Morgan fingerprint density at radius 3 is 2.78 bits per heavy atom. The highest BCUT2D eigenvalue weighted by Gasteiger charge is 2.27. The first-order chi connectivity index (χ1) is 15.5. The van der Waals surface area contributed by atoms with Crippen LogP contribution in [0.3, 0.4) is 0 Å². The van der Waals surface area contributed by atoms with Crippen LogP contribution in [0.25, 0.3) is 16.8 Å². The fourth-order valence-electron chi connectivity index (χ4n) is 4.25. The molecule has 0 aromatic carbocycles. The lowest BCUT2D eigenvalue weighted by molar-refractivity contribution is 0.0563. The molecule has 1 aliphatic rings. The smallest absolute Gasteiger partial charge is 0.165 e. The van der Waals surface area contributed by atoms with E-state index in [0.29, 0.717) is 12.6 Å². The zero-order valence-electron chi connectivity index (χ0n) is 18.9. The second-order valence-electron chi connectivity index (χ2n) is 8.24. The Morgan fingerprint density at radius 1 is 1.16 bits per heavy atom. The van der Waals surface area contributed by atoms with Crippen LogP contribution in [-0.2, 0) is 7.05 Å². The molecule has 0 radical (unpaired) electrons. The van der Waals surface area contributed by atoms with Gasteiger partial charge in [0.15, 0.2) is 11.6 Å². The molecule has 1 saturated heterocycles. The number of ether oxygens (including phenoxy) is 1. The van der Waals surface area contributed by atoms with E-state index in [1.165, 1.54) is 6.42 Å². The Bertz CT molecular complexity index is 1240. The number of aryl methyl sites for hydroxylation is 3. The lowest BCUT2D eigenvalue weighted by Crippen LogP contribution is -2.50. The van der Waals surface area contributed by atoms with E-state index in [2.05, 4.69) is 43.4 Å². The zero-order chi connectivity index (χ0) is 22.2. The van der Waals surface area contributed by atoms with Crippen LogP contribution < -0.4 is 10.1 Å². The maximum atomic E-state index is 6.19. The molecule has 0 spiro atoms. The maximum Gasteiger partial charge on any atom is 0.165 e. The van der Waals surface area contributed by atoms with E-state index in [9.17, 15) is 0 Å². The van der Waals surface area contributed by atoms with Gasteiger partial charge >= 0.3 is 0 Å². The number of aromatic nitrogens is 6. The molecular weight excluding hydrogens is 404 g/mol. The van der Waals surface area contributed by atoms with Gasteiger partial charge in [-0.25, -0.2) is 14.5 Å². The molecule has 1 N–H and O–H groups in total. The van der Waals surface area contributed by atoms with E-state index in [4.69, 9.17) is 4.74 Å². The first kappa shape index (κ1) is 20.4. The minimum Gasteiger partial charge on any atom is -0.488 e. The van der Waals surface area contributed by atoms with E-state index < -0.39 is 0 Å². The van der Waals surface area contributed by atoms with Crippen molar-refractivity contribution in [3.63, 3.8) is 0 Å².